The highest BCUT2D eigenvalue weighted by Gasteiger charge is 2.36. The molecule has 10 nitrogen and oxygen atoms in total. The number of carbonyl (C=O) groups excluding carboxylic acids is 3. The first kappa shape index (κ1) is 26.7. The van der Waals surface area contributed by atoms with E-state index in [9.17, 15) is 14.4 Å². The molecule has 11 heteroatoms. The van der Waals surface area contributed by atoms with Crippen molar-refractivity contribution in [1.29, 1.82) is 0 Å². The summed E-state index contributed by atoms with van der Waals surface area (Å²) in [5, 5.41) is 3.67. The zero-order chi connectivity index (χ0) is 27.4. The molecule has 196 valence electrons. The van der Waals surface area contributed by atoms with Crippen LogP contribution in [0.3, 0.4) is 0 Å². The van der Waals surface area contributed by atoms with Crippen LogP contribution in [0.1, 0.15) is 42.9 Å². The molecule has 0 unspecified atom stereocenters. The molecule has 2 aromatic heterocycles. The summed E-state index contributed by atoms with van der Waals surface area (Å²) in [7, 11) is 1.54. The largest absolute Gasteiger partial charge is 0.395 e. The molecule has 0 aliphatic carbocycles. The molecule has 0 saturated carbocycles. The zero-order valence-electron chi connectivity index (χ0n) is 21.2. The number of hydrogen-bond acceptors (Lipinski definition) is 8. The van der Waals surface area contributed by atoms with Crippen LogP contribution in [0.15, 0.2) is 54.7 Å². The fraction of sp³-hybridized carbons (Fsp3) is 0.222. The van der Waals surface area contributed by atoms with Crippen molar-refractivity contribution in [2.45, 2.75) is 19.9 Å². The van der Waals surface area contributed by atoms with Gasteiger partial charge in [0, 0.05) is 30.9 Å². The molecule has 4 aromatic rings. The second kappa shape index (κ2) is 11.4. The Morgan fingerprint density at radius 3 is 2.58 bits per heavy atom. The molecule has 0 aliphatic heterocycles. The van der Waals surface area contributed by atoms with Gasteiger partial charge in [-0.05, 0) is 72.4 Å². The first-order valence-corrected chi connectivity index (χ1v) is 12.6. The highest BCUT2D eigenvalue weighted by atomic mass is 32.1. The van der Waals surface area contributed by atoms with E-state index in [2.05, 4.69) is 14.7 Å². The summed E-state index contributed by atoms with van der Waals surface area (Å²) in [6, 6.07) is 13.5. The number of nitrogens with zero attached hydrogens (tertiary/aromatic N) is 3. The Balaban J connectivity index is 1.92. The van der Waals surface area contributed by atoms with E-state index < -0.39 is 23.8 Å². The SMILES string of the molecule is COCCNC(=O)[C@@H](c1ccc2ncccc2c1)N(C(=O)c1snc(C(N)=O)c1N)c1ccc(C)c(C)c1. The summed E-state index contributed by atoms with van der Waals surface area (Å²) in [6.45, 7) is 4.41. The van der Waals surface area contributed by atoms with Gasteiger partial charge in [0.1, 0.15) is 10.9 Å². The number of pyridine rings is 1. The third-order valence-electron chi connectivity index (χ3n) is 6.20. The van der Waals surface area contributed by atoms with Gasteiger partial charge in [0.15, 0.2) is 5.69 Å². The van der Waals surface area contributed by atoms with Crippen LogP contribution >= 0.6 is 11.5 Å². The van der Waals surface area contributed by atoms with Crippen molar-refractivity contribution in [2.75, 3.05) is 30.9 Å². The smallest absolute Gasteiger partial charge is 0.273 e. The van der Waals surface area contributed by atoms with Crippen LogP contribution < -0.4 is 21.7 Å². The van der Waals surface area contributed by atoms with E-state index in [0.717, 1.165) is 33.6 Å². The van der Waals surface area contributed by atoms with Crippen LogP contribution in [-0.4, -0.2) is 47.3 Å². The van der Waals surface area contributed by atoms with Gasteiger partial charge in [-0.3, -0.25) is 24.3 Å². The maximum Gasteiger partial charge on any atom is 0.273 e. The van der Waals surface area contributed by atoms with Crippen molar-refractivity contribution < 1.29 is 19.1 Å². The molecule has 0 radical (unpaired) electrons. The average Bonchev–Trinajstić information content (AvgIpc) is 3.30. The molecule has 0 spiro atoms. The number of nitrogens with one attached hydrogen (secondary N) is 1. The molecule has 1 atom stereocenters. The van der Waals surface area contributed by atoms with Gasteiger partial charge < -0.3 is 21.5 Å². The first-order valence-electron chi connectivity index (χ1n) is 11.8. The summed E-state index contributed by atoms with van der Waals surface area (Å²) in [4.78, 5) is 45.5. The van der Waals surface area contributed by atoms with Gasteiger partial charge in [-0.2, -0.15) is 4.37 Å². The number of rotatable bonds is 9. The number of primary amides is 1. The van der Waals surface area contributed by atoms with E-state index >= 15 is 0 Å². The Labute approximate surface area is 223 Å². The number of benzene rings is 2. The lowest BCUT2D eigenvalue weighted by molar-refractivity contribution is -0.122. The normalized spacial score (nSPS) is 11.8. The van der Waals surface area contributed by atoms with Crippen LogP contribution in [0.4, 0.5) is 11.4 Å². The number of amides is 3. The highest BCUT2D eigenvalue weighted by molar-refractivity contribution is 7.09. The molecule has 0 aliphatic rings. The molecule has 38 heavy (non-hydrogen) atoms. The molecule has 2 aromatic carbocycles. The second-order valence-corrected chi connectivity index (χ2v) is 9.50. The van der Waals surface area contributed by atoms with Crippen molar-refractivity contribution in [3.8, 4) is 0 Å². The predicted molar refractivity (Wildman–Crippen MR) is 147 cm³/mol. The Morgan fingerprint density at radius 2 is 1.89 bits per heavy atom. The van der Waals surface area contributed by atoms with Crippen molar-refractivity contribution >= 4 is 51.5 Å². The van der Waals surface area contributed by atoms with Crippen LogP contribution in [-0.2, 0) is 9.53 Å². The number of hydrogen-bond donors (Lipinski definition) is 3. The van der Waals surface area contributed by atoms with Gasteiger partial charge >= 0.3 is 0 Å². The maximum absolute atomic E-state index is 14.2. The van der Waals surface area contributed by atoms with Crippen molar-refractivity contribution in [2.24, 2.45) is 5.73 Å². The monoisotopic (exact) mass is 532 g/mol. The Morgan fingerprint density at radius 1 is 1.11 bits per heavy atom. The second-order valence-electron chi connectivity index (χ2n) is 8.72. The van der Waals surface area contributed by atoms with E-state index in [1.807, 2.05) is 38.1 Å². The maximum atomic E-state index is 14.2. The number of aryl methyl sites for hydroxylation is 2. The summed E-state index contributed by atoms with van der Waals surface area (Å²) in [5.74, 6) is -1.85. The van der Waals surface area contributed by atoms with Gasteiger partial charge in [0.25, 0.3) is 11.8 Å². The van der Waals surface area contributed by atoms with E-state index in [0.29, 0.717) is 17.9 Å². The van der Waals surface area contributed by atoms with Crippen molar-refractivity contribution in [3.05, 3.63) is 82.0 Å². The van der Waals surface area contributed by atoms with Gasteiger partial charge in [0.2, 0.25) is 5.91 Å². The topological polar surface area (TPSA) is 154 Å². The summed E-state index contributed by atoms with van der Waals surface area (Å²) < 4.78 is 9.09. The lowest BCUT2D eigenvalue weighted by Gasteiger charge is -2.32. The van der Waals surface area contributed by atoms with Crippen LogP contribution in [0.2, 0.25) is 0 Å². The highest BCUT2D eigenvalue weighted by Crippen LogP contribution is 2.34. The standard InChI is InChI=1S/C27H28N6O4S/c1-15-6-8-19(13-16(15)2)33(27(36)24-21(28)22(25(29)34)32-38-24)23(26(35)31-11-12-37-3)18-7-9-20-17(14-18)5-4-10-30-20/h4-10,13-14,23H,11-12,28H2,1-3H3,(H2,29,34)(H,31,35)/t23-/m1/s1. The van der Waals surface area contributed by atoms with Crippen molar-refractivity contribution in [1.82, 2.24) is 14.7 Å². The summed E-state index contributed by atoms with van der Waals surface area (Å²) >= 11 is 0.763. The minimum atomic E-state index is -1.09. The molecule has 0 saturated heterocycles. The number of anilines is 2. The molecule has 0 bridgehead atoms. The van der Waals surface area contributed by atoms with E-state index in [1.54, 1.807) is 30.5 Å². The number of fused-ring (bicyclic) bond motifs is 1. The number of carbonyl (C=O) groups is 3. The zero-order valence-corrected chi connectivity index (χ0v) is 22.0. The molecule has 2 heterocycles. The van der Waals surface area contributed by atoms with Crippen LogP contribution in [0.5, 0.6) is 0 Å². The van der Waals surface area contributed by atoms with Gasteiger partial charge in [0.05, 0.1) is 17.8 Å². The van der Waals surface area contributed by atoms with Gasteiger partial charge in [-0.15, -0.1) is 0 Å². The number of nitrogen functional groups attached to an aromatic ring is 1. The Kier molecular flexibility index (Phi) is 7.99. The molecule has 5 N–H and O–H groups in total. The fourth-order valence-electron chi connectivity index (χ4n) is 4.05. The summed E-state index contributed by atoms with van der Waals surface area (Å²) in [6.07, 6.45) is 1.69. The Bertz CT molecular complexity index is 1520. The molecule has 3 amide bonds. The predicted octanol–water partition coefficient (Wildman–Crippen LogP) is 3.14. The number of methoxy groups -OCH3 is 1. The first-order chi connectivity index (χ1) is 18.2. The minimum absolute atomic E-state index is 0.00850. The number of nitrogens with two attached hydrogens (primary N) is 2. The molecular formula is C27H28N6O4S. The van der Waals surface area contributed by atoms with E-state index in [1.165, 1.54) is 12.0 Å². The molecular weight excluding hydrogens is 504 g/mol. The number of aromatic nitrogens is 2. The number of ether oxygens (including phenoxy) is 1. The van der Waals surface area contributed by atoms with Crippen LogP contribution in [0, 0.1) is 13.8 Å². The third-order valence-corrected chi connectivity index (χ3v) is 7.05. The fourth-order valence-corrected chi connectivity index (χ4v) is 4.79. The third kappa shape index (κ3) is 5.34. The van der Waals surface area contributed by atoms with E-state index in [-0.39, 0.29) is 22.8 Å². The molecule has 0 fully saturated rings. The minimum Gasteiger partial charge on any atom is -0.395 e. The van der Waals surface area contributed by atoms with E-state index in [4.69, 9.17) is 16.2 Å². The molecule has 4 rings (SSSR count). The van der Waals surface area contributed by atoms with Crippen LogP contribution in [0.25, 0.3) is 10.9 Å². The van der Waals surface area contributed by atoms with Gasteiger partial charge in [-0.25, -0.2) is 0 Å². The Hall–Kier alpha value is -4.35. The average molecular weight is 533 g/mol. The lowest BCUT2D eigenvalue weighted by atomic mass is 9.99. The van der Waals surface area contributed by atoms with Gasteiger partial charge in [-0.1, -0.05) is 18.2 Å². The quantitative estimate of drug-likeness (QED) is 0.280. The van der Waals surface area contributed by atoms with Crippen molar-refractivity contribution in [3.63, 3.8) is 0 Å². The summed E-state index contributed by atoms with van der Waals surface area (Å²) in [5.41, 5.74) is 15.0. The lowest BCUT2D eigenvalue weighted by Crippen LogP contribution is -2.44.